The Balaban J connectivity index is 1.96. The van der Waals surface area contributed by atoms with Crippen molar-refractivity contribution in [3.8, 4) is 0 Å². The van der Waals surface area contributed by atoms with E-state index in [9.17, 15) is 14.7 Å². The maximum absolute atomic E-state index is 12.2. The number of ether oxygens (including phenoxy) is 1. The third-order valence-electron chi connectivity index (χ3n) is 3.47. The van der Waals surface area contributed by atoms with Crippen molar-refractivity contribution in [3.05, 3.63) is 5.82 Å². The van der Waals surface area contributed by atoms with Crippen LogP contribution in [0.4, 0.5) is 15.6 Å². The Labute approximate surface area is 139 Å². The highest BCUT2D eigenvalue weighted by molar-refractivity contribution is 5.87. The molecule has 1 aromatic rings. The lowest BCUT2D eigenvalue weighted by molar-refractivity contribution is 0.0269. The number of hydrogen-bond acceptors (Lipinski definition) is 7. The van der Waals surface area contributed by atoms with Crippen LogP contribution in [0.15, 0.2) is 4.52 Å². The number of amides is 3. The van der Waals surface area contributed by atoms with Gasteiger partial charge in [-0.3, -0.25) is 5.32 Å². The Kier molecular flexibility index (Phi) is 4.97. The summed E-state index contributed by atoms with van der Waals surface area (Å²) in [5, 5.41) is 16.2. The molecule has 24 heavy (non-hydrogen) atoms. The zero-order valence-corrected chi connectivity index (χ0v) is 14.4. The number of aryl methyl sites for hydroxylation is 1. The molecule has 0 bridgehead atoms. The summed E-state index contributed by atoms with van der Waals surface area (Å²) in [7, 11) is 1.52. The van der Waals surface area contributed by atoms with E-state index in [4.69, 9.17) is 9.26 Å². The van der Waals surface area contributed by atoms with Crippen molar-refractivity contribution < 1.29 is 24.0 Å². The Bertz CT molecular complexity index is 611. The number of likely N-dealkylation sites (tertiary alicyclic amines) is 1. The Morgan fingerprint density at radius 1 is 1.42 bits per heavy atom. The predicted octanol–water partition coefficient (Wildman–Crippen LogP) is 0.822. The van der Waals surface area contributed by atoms with E-state index >= 15 is 0 Å². The number of hydrogen-bond donors (Lipinski definition) is 2. The molecule has 0 unspecified atom stereocenters. The number of carbonyl (C=O) groups excluding carboxylic acids is 2. The van der Waals surface area contributed by atoms with Crippen LogP contribution in [-0.2, 0) is 4.74 Å². The molecule has 0 aromatic carbocycles. The van der Waals surface area contributed by atoms with E-state index in [1.165, 1.54) is 16.8 Å². The second-order valence-corrected chi connectivity index (χ2v) is 6.71. The van der Waals surface area contributed by atoms with Crippen LogP contribution >= 0.6 is 0 Å². The highest BCUT2D eigenvalue weighted by atomic mass is 16.6. The summed E-state index contributed by atoms with van der Waals surface area (Å²) in [4.78, 5) is 30.8. The van der Waals surface area contributed by atoms with Crippen molar-refractivity contribution in [3.63, 3.8) is 0 Å². The molecule has 1 aromatic heterocycles. The van der Waals surface area contributed by atoms with Crippen LogP contribution in [0.1, 0.15) is 26.6 Å². The summed E-state index contributed by atoms with van der Waals surface area (Å²) in [6.45, 7) is 7.19. The monoisotopic (exact) mass is 341 g/mol. The molecule has 10 nitrogen and oxygen atoms in total. The third kappa shape index (κ3) is 4.34. The number of urea groups is 1. The molecule has 0 aliphatic carbocycles. The second-order valence-electron chi connectivity index (χ2n) is 6.71. The molecule has 2 heterocycles. The molecule has 2 atom stereocenters. The maximum atomic E-state index is 12.2. The number of β-amino-alcohol motifs (C(OH)–C–C–N with tert-alkyl or cyclic N) is 1. The second kappa shape index (κ2) is 6.63. The summed E-state index contributed by atoms with van der Waals surface area (Å²) in [5.74, 6) is 0.393. The first-order valence-corrected chi connectivity index (χ1v) is 7.57. The van der Waals surface area contributed by atoms with Crippen LogP contribution in [0, 0.1) is 6.92 Å². The molecule has 0 spiro atoms. The average Bonchev–Trinajstić information content (AvgIpc) is 3.02. The fourth-order valence-electron chi connectivity index (χ4n) is 2.30. The fourth-order valence-corrected chi connectivity index (χ4v) is 2.30. The van der Waals surface area contributed by atoms with Crippen molar-refractivity contribution >= 4 is 18.1 Å². The molecule has 1 saturated heterocycles. The summed E-state index contributed by atoms with van der Waals surface area (Å²) in [6.07, 6.45) is -1.40. The number of anilines is 1. The van der Waals surface area contributed by atoms with Gasteiger partial charge in [-0.05, 0) is 27.7 Å². The van der Waals surface area contributed by atoms with Crippen molar-refractivity contribution in [2.75, 3.05) is 25.5 Å². The first-order valence-electron chi connectivity index (χ1n) is 7.57. The highest BCUT2D eigenvalue weighted by Crippen LogP contribution is 2.19. The van der Waals surface area contributed by atoms with Gasteiger partial charge in [0.1, 0.15) is 5.60 Å². The van der Waals surface area contributed by atoms with Gasteiger partial charge >= 0.3 is 18.1 Å². The predicted molar refractivity (Wildman–Crippen MR) is 83.4 cm³/mol. The summed E-state index contributed by atoms with van der Waals surface area (Å²) >= 11 is 0. The number of nitrogens with one attached hydrogen (secondary N) is 1. The normalized spacial score (nSPS) is 20.8. The molecule has 1 aliphatic rings. The fraction of sp³-hybridized carbons (Fsp3) is 0.714. The van der Waals surface area contributed by atoms with E-state index in [2.05, 4.69) is 15.5 Å². The van der Waals surface area contributed by atoms with E-state index in [0.29, 0.717) is 5.82 Å². The lowest BCUT2D eigenvalue weighted by Crippen LogP contribution is -2.46. The topological polar surface area (TPSA) is 121 Å². The van der Waals surface area contributed by atoms with E-state index in [0.717, 1.165) is 0 Å². The van der Waals surface area contributed by atoms with Gasteiger partial charge < -0.3 is 24.2 Å². The van der Waals surface area contributed by atoms with Crippen molar-refractivity contribution in [1.82, 2.24) is 19.9 Å². The van der Waals surface area contributed by atoms with E-state index in [-0.39, 0.29) is 19.1 Å². The Hall–Kier alpha value is -2.36. The average molecular weight is 341 g/mol. The van der Waals surface area contributed by atoms with Gasteiger partial charge in [0.25, 0.3) is 0 Å². The standard InChI is InChI=1S/C14H23N5O5/c1-8-15-11(24-17-8)16-12(21)18(5)9-6-19(7-10(9)20)13(22)23-14(2,3)4/h9-10,20H,6-7H2,1-5H3,(H,15,16,17,21)/t9-,10-/m1/s1. The minimum Gasteiger partial charge on any atom is -0.444 e. The van der Waals surface area contributed by atoms with Crippen molar-refractivity contribution in [1.29, 1.82) is 0 Å². The SMILES string of the molecule is Cc1noc(NC(=O)N(C)[C@@H]2CN(C(=O)OC(C)(C)C)C[C@H]2O)n1. The molecular weight excluding hydrogens is 318 g/mol. The van der Waals surface area contributed by atoms with Gasteiger partial charge in [-0.1, -0.05) is 5.16 Å². The lowest BCUT2D eigenvalue weighted by Gasteiger charge is -2.26. The zero-order valence-electron chi connectivity index (χ0n) is 14.4. The van der Waals surface area contributed by atoms with Gasteiger partial charge in [-0.15, -0.1) is 0 Å². The van der Waals surface area contributed by atoms with Gasteiger partial charge in [-0.2, -0.15) is 4.98 Å². The zero-order chi connectivity index (χ0) is 18.1. The number of aromatic nitrogens is 2. The lowest BCUT2D eigenvalue weighted by atomic mass is 10.2. The number of aliphatic hydroxyl groups excluding tert-OH is 1. The molecule has 1 fully saturated rings. The first kappa shape index (κ1) is 18.0. The quantitative estimate of drug-likeness (QED) is 0.817. The summed E-state index contributed by atoms with van der Waals surface area (Å²) in [5.41, 5.74) is -0.626. The van der Waals surface area contributed by atoms with Crippen molar-refractivity contribution in [2.45, 2.75) is 45.4 Å². The van der Waals surface area contributed by atoms with Crippen molar-refractivity contribution in [2.24, 2.45) is 0 Å². The smallest absolute Gasteiger partial charge is 0.410 e. The van der Waals surface area contributed by atoms with Gasteiger partial charge in [0.15, 0.2) is 5.82 Å². The Morgan fingerprint density at radius 3 is 2.62 bits per heavy atom. The van der Waals surface area contributed by atoms with Gasteiger partial charge in [0.05, 0.1) is 18.7 Å². The molecule has 1 aliphatic heterocycles. The van der Waals surface area contributed by atoms with Crippen LogP contribution in [0.5, 0.6) is 0 Å². The molecule has 2 N–H and O–H groups in total. The minimum atomic E-state index is -0.877. The maximum Gasteiger partial charge on any atom is 0.410 e. The van der Waals surface area contributed by atoms with Crippen LogP contribution in [0.2, 0.25) is 0 Å². The number of nitrogens with zero attached hydrogens (tertiary/aromatic N) is 4. The first-order chi connectivity index (χ1) is 11.1. The number of rotatable bonds is 2. The highest BCUT2D eigenvalue weighted by Gasteiger charge is 2.39. The molecule has 0 radical (unpaired) electrons. The Morgan fingerprint density at radius 2 is 2.08 bits per heavy atom. The molecule has 0 saturated carbocycles. The number of likely N-dealkylation sites (N-methyl/N-ethyl adjacent to an activating group) is 1. The van der Waals surface area contributed by atoms with Gasteiger partial charge in [0.2, 0.25) is 0 Å². The summed E-state index contributed by atoms with van der Waals surface area (Å²) in [6, 6.07) is -1.11. The van der Waals surface area contributed by atoms with Gasteiger partial charge in [-0.25, -0.2) is 9.59 Å². The number of carbonyl (C=O) groups is 2. The molecule has 2 rings (SSSR count). The number of aliphatic hydroxyl groups is 1. The van der Waals surface area contributed by atoms with Crippen LogP contribution < -0.4 is 5.32 Å². The molecule has 3 amide bonds. The van der Waals surface area contributed by atoms with Crippen LogP contribution in [0.25, 0.3) is 0 Å². The van der Waals surface area contributed by atoms with E-state index in [1.54, 1.807) is 27.7 Å². The molecular formula is C14H23N5O5. The van der Waals surface area contributed by atoms with Crippen LogP contribution in [-0.4, -0.2) is 75.1 Å². The third-order valence-corrected chi connectivity index (χ3v) is 3.47. The van der Waals surface area contributed by atoms with Crippen LogP contribution in [0.3, 0.4) is 0 Å². The largest absolute Gasteiger partial charge is 0.444 e. The van der Waals surface area contributed by atoms with E-state index in [1.807, 2.05) is 0 Å². The minimum absolute atomic E-state index is 0.0270. The molecule has 10 heteroatoms. The summed E-state index contributed by atoms with van der Waals surface area (Å²) < 4.78 is 10.1. The molecule has 134 valence electrons. The van der Waals surface area contributed by atoms with Gasteiger partial charge in [0, 0.05) is 13.6 Å². The van der Waals surface area contributed by atoms with E-state index < -0.39 is 29.9 Å².